The van der Waals surface area contributed by atoms with Crippen LogP contribution in [0.1, 0.15) is 37.2 Å². The predicted octanol–water partition coefficient (Wildman–Crippen LogP) is 6.34. The van der Waals surface area contributed by atoms with Gasteiger partial charge in [0.25, 0.3) is 0 Å². The lowest BCUT2D eigenvalue weighted by molar-refractivity contribution is -0.144. The van der Waals surface area contributed by atoms with Gasteiger partial charge in [0.2, 0.25) is 0 Å². The summed E-state index contributed by atoms with van der Waals surface area (Å²) in [5.74, 6) is -0.615. The average molecular weight is 597 g/mol. The molecule has 0 amide bonds. The van der Waals surface area contributed by atoms with E-state index >= 15 is 0 Å². The fraction of sp³-hybridized carbons (Fsp3) is 0.250. The van der Waals surface area contributed by atoms with Crippen molar-refractivity contribution in [2.24, 2.45) is 0 Å². The van der Waals surface area contributed by atoms with E-state index in [-0.39, 0.29) is 29.8 Å². The topological polar surface area (TPSA) is 108 Å². The van der Waals surface area contributed by atoms with Gasteiger partial charge < -0.3 is 24.1 Å². The molecule has 228 valence electrons. The molecule has 4 rings (SSSR count). The Balaban J connectivity index is 1.58. The van der Waals surface area contributed by atoms with Crippen molar-refractivity contribution in [3.63, 3.8) is 0 Å². The summed E-state index contributed by atoms with van der Waals surface area (Å²) >= 11 is 0. The van der Waals surface area contributed by atoms with Crippen molar-refractivity contribution < 1.29 is 38.4 Å². The van der Waals surface area contributed by atoms with Gasteiger partial charge in [-0.2, -0.15) is 0 Å². The zero-order chi connectivity index (χ0) is 31.6. The zero-order valence-electron chi connectivity index (χ0n) is 24.8. The molecule has 0 saturated heterocycles. The van der Waals surface area contributed by atoms with Crippen LogP contribution in [0.4, 0.5) is 0 Å². The molecule has 0 heterocycles. The Morgan fingerprint density at radius 3 is 2.05 bits per heavy atom. The van der Waals surface area contributed by atoms with Gasteiger partial charge >= 0.3 is 17.9 Å². The van der Waals surface area contributed by atoms with Crippen LogP contribution in [0, 0.1) is 0 Å². The summed E-state index contributed by atoms with van der Waals surface area (Å²) in [5.41, 5.74) is 4.62. The Bertz CT molecular complexity index is 1530. The summed E-state index contributed by atoms with van der Waals surface area (Å²) in [4.78, 5) is 36.2. The Morgan fingerprint density at radius 2 is 1.43 bits per heavy atom. The molecule has 0 aromatic heterocycles. The van der Waals surface area contributed by atoms with Crippen LogP contribution in [-0.4, -0.2) is 49.4 Å². The molecule has 1 aliphatic carbocycles. The normalized spacial score (nSPS) is 16.0. The quantitative estimate of drug-likeness (QED) is 0.147. The maximum absolute atomic E-state index is 12.7. The Morgan fingerprint density at radius 1 is 0.818 bits per heavy atom. The van der Waals surface area contributed by atoms with Crippen LogP contribution in [0.2, 0.25) is 0 Å². The van der Waals surface area contributed by atoms with Crippen LogP contribution < -0.4 is 9.47 Å². The highest BCUT2D eigenvalue weighted by Crippen LogP contribution is 2.38. The van der Waals surface area contributed by atoms with E-state index in [0.717, 1.165) is 42.4 Å². The molecule has 0 spiro atoms. The third-order valence-corrected chi connectivity index (χ3v) is 7.48. The van der Waals surface area contributed by atoms with Crippen molar-refractivity contribution in [3.05, 3.63) is 109 Å². The Kier molecular flexibility index (Phi) is 11.0. The summed E-state index contributed by atoms with van der Waals surface area (Å²) < 4.78 is 21.4. The monoisotopic (exact) mass is 596 g/mol. The maximum Gasteiger partial charge on any atom is 0.341 e. The van der Waals surface area contributed by atoms with Crippen molar-refractivity contribution in [3.8, 4) is 33.8 Å². The number of aliphatic hydroxyl groups excluding tert-OH is 1. The lowest BCUT2D eigenvalue weighted by Crippen LogP contribution is -2.23. The summed E-state index contributed by atoms with van der Waals surface area (Å²) in [5, 5.41) is 9.09. The number of hydrogen-bond acceptors (Lipinski definition) is 8. The van der Waals surface area contributed by atoms with Crippen LogP contribution in [0.3, 0.4) is 0 Å². The summed E-state index contributed by atoms with van der Waals surface area (Å²) in [6, 6.07) is 20.6. The SMILES string of the molecule is C=CC(=O)OC1CCC(c2ccc(-c3cc(-c4ccc(OC(=O)C(=C)CO)cc4)ccc3OC(=O)C(=C)COC)cc2)CC1. The number of ether oxygens (including phenoxy) is 4. The molecule has 0 unspecified atom stereocenters. The highest BCUT2D eigenvalue weighted by atomic mass is 16.5. The van der Waals surface area contributed by atoms with Gasteiger partial charge in [-0.3, -0.25) is 0 Å². The predicted molar refractivity (Wildman–Crippen MR) is 167 cm³/mol. The van der Waals surface area contributed by atoms with Crippen molar-refractivity contribution in [1.29, 1.82) is 0 Å². The number of hydrogen-bond donors (Lipinski definition) is 1. The molecular formula is C36H36O8. The van der Waals surface area contributed by atoms with E-state index in [4.69, 9.17) is 24.1 Å². The molecule has 0 aliphatic heterocycles. The van der Waals surface area contributed by atoms with Gasteiger partial charge in [0, 0.05) is 18.7 Å². The second kappa shape index (κ2) is 15.1. The van der Waals surface area contributed by atoms with E-state index in [9.17, 15) is 14.4 Å². The summed E-state index contributed by atoms with van der Waals surface area (Å²) in [7, 11) is 1.48. The largest absolute Gasteiger partial charge is 0.459 e. The van der Waals surface area contributed by atoms with Gasteiger partial charge in [0.1, 0.15) is 17.6 Å². The molecule has 0 radical (unpaired) electrons. The Labute approximate surface area is 257 Å². The molecule has 1 fully saturated rings. The first-order chi connectivity index (χ1) is 21.2. The zero-order valence-corrected chi connectivity index (χ0v) is 24.8. The Hall–Kier alpha value is -4.79. The highest BCUT2D eigenvalue weighted by molar-refractivity contribution is 5.92. The number of carbonyl (C=O) groups is 3. The number of methoxy groups -OCH3 is 1. The molecule has 8 nitrogen and oxygen atoms in total. The summed E-state index contributed by atoms with van der Waals surface area (Å²) in [6.45, 7) is 10.3. The van der Waals surface area contributed by atoms with Gasteiger partial charge in [-0.1, -0.05) is 62.2 Å². The van der Waals surface area contributed by atoms with Gasteiger partial charge in [-0.15, -0.1) is 0 Å². The molecule has 8 heteroatoms. The van der Waals surface area contributed by atoms with E-state index in [0.29, 0.717) is 23.0 Å². The van der Waals surface area contributed by atoms with E-state index in [1.807, 2.05) is 24.3 Å². The minimum absolute atomic E-state index is 0.0373. The van der Waals surface area contributed by atoms with Crippen LogP contribution in [0.15, 0.2) is 104 Å². The average Bonchev–Trinajstić information content (AvgIpc) is 3.05. The fourth-order valence-electron chi connectivity index (χ4n) is 5.05. The molecule has 0 atom stereocenters. The van der Waals surface area contributed by atoms with Crippen molar-refractivity contribution in [2.45, 2.75) is 37.7 Å². The first-order valence-electron chi connectivity index (χ1n) is 14.3. The van der Waals surface area contributed by atoms with Crippen molar-refractivity contribution in [1.82, 2.24) is 0 Å². The number of rotatable bonds is 12. The first kappa shape index (κ1) is 32.1. The van der Waals surface area contributed by atoms with Gasteiger partial charge in [0.15, 0.2) is 0 Å². The van der Waals surface area contributed by atoms with E-state index < -0.39 is 18.5 Å². The van der Waals surface area contributed by atoms with Crippen molar-refractivity contribution in [2.75, 3.05) is 20.3 Å². The number of carbonyl (C=O) groups excluding carboxylic acids is 3. The number of benzene rings is 3. The molecule has 0 bridgehead atoms. The molecule has 1 N–H and O–H groups in total. The first-order valence-corrected chi connectivity index (χ1v) is 14.3. The van der Waals surface area contributed by atoms with Crippen LogP contribution in [0.5, 0.6) is 11.5 Å². The summed E-state index contributed by atoms with van der Waals surface area (Å²) in [6.07, 6.45) is 4.54. The number of esters is 3. The molecule has 1 saturated carbocycles. The van der Waals surface area contributed by atoms with Crippen LogP contribution >= 0.6 is 0 Å². The second-order valence-corrected chi connectivity index (χ2v) is 10.5. The molecule has 1 aliphatic rings. The van der Waals surface area contributed by atoms with Crippen LogP contribution in [0.25, 0.3) is 22.3 Å². The molecule has 44 heavy (non-hydrogen) atoms. The van der Waals surface area contributed by atoms with E-state index in [1.165, 1.54) is 18.7 Å². The maximum atomic E-state index is 12.7. The van der Waals surface area contributed by atoms with E-state index in [2.05, 4.69) is 31.9 Å². The second-order valence-electron chi connectivity index (χ2n) is 10.5. The lowest BCUT2D eigenvalue weighted by Gasteiger charge is -2.28. The third-order valence-electron chi connectivity index (χ3n) is 7.48. The van der Waals surface area contributed by atoms with E-state index in [1.54, 1.807) is 30.3 Å². The standard InChI is InChI=1S/C36H36O8/c1-5-34(38)42-30-15-10-26(11-16-30)25-6-8-28(9-7-25)32-20-29(14-19-33(32)44-36(40)24(3)22-41-4)27-12-17-31(18-13-27)43-35(39)23(2)21-37/h5-9,12-14,17-20,26,30,37H,1-3,10-11,15-16,21-22H2,4H3. The minimum Gasteiger partial charge on any atom is -0.459 e. The van der Waals surface area contributed by atoms with Gasteiger partial charge in [0.05, 0.1) is 24.4 Å². The molecule has 3 aromatic carbocycles. The third kappa shape index (κ3) is 8.18. The minimum atomic E-state index is -0.698. The van der Waals surface area contributed by atoms with Crippen molar-refractivity contribution >= 4 is 17.9 Å². The fourth-order valence-corrected chi connectivity index (χ4v) is 5.05. The highest BCUT2D eigenvalue weighted by Gasteiger charge is 2.24. The number of aliphatic hydroxyl groups is 1. The molecule has 3 aromatic rings. The van der Waals surface area contributed by atoms with Gasteiger partial charge in [-0.25, -0.2) is 14.4 Å². The lowest BCUT2D eigenvalue weighted by atomic mass is 9.82. The van der Waals surface area contributed by atoms with Crippen LogP contribution in [-0.2, 0) is 23.9 Å². The smallest absolute Gasteiger partial charge is 0.341 e. The molecular weight excluding hydrogens is 560 g/mol. The van der Waals surface area contributed by atoms with Gasteiger partial charge in [-0.05, 0) is 78.1 Å².